The van der Waals surface area contributed by atoms with Crippen molar-refractivity contribution in [2.45, 2.75) is 290 Å². The average molecular weight is 1120 g/mol. The highest BCUT2D eigenvalue weighted by atomic mass is 31.2. The third kappa shape index (κ3) is 57.3. The highest BCUT2D eigenvalue weighted by Gasteiger charge is 2.28. The summed E-state index contributed by atoms with van der Waals surface area (Å²) in [5.41, 5.74) is 0. The van der Waals surface area contributed by atoms with Crippen LogP contribution < -0.4 is 0 Å². The number of carbonyl (C=O) groups excluding carboxylic acids is 3. The molecular formula is C66H115O11P. The van der Waals surface area contributed by atoms with Gasteiger partial charge in [0.05, 0.1) is 19.8 Å². The van der Waals surface area contributed by atoms with Gasteiger partial charge in [0.2, 0.25) is 0 Å². The molecule has 0 aliphatic heterocycles. The number of phosphoric acid groups is 1. The zero-order chi connectivity index (χ0) is 56.9. The van der Waals surface area contributed by atoms with Crippen LogP contribution in [0.25, 0.3) is 0 Å². The molecule has 0 aliphatic carbocycles. The fourth-order valence-electron chi connectivity index (χ4n) is 8.60. The van der Waals surface area contributed by atoms with E-state index < -0.39 is 57.8 Å². The lowest BCUT2D eigenvalue weighted by atomic mass is 10.0. The number of phosphoric ester groups is 1. The summed E-state index contributed by atoms with van der Waals surface area (Å²) in [6.07, 6.45) is 69.6. The molecule has 0 rings (SSSR count). The minimum absolute atomic E-state index is 0.154. The minimum Gasteiger partial charge on any atom is -0.462 e. The Labute approximate surface area is 477 Å². The smallest absolute Gasteiger partial charge is 0.462 e. The largest absolute Gasteiger partial charge is 0.472 e. The molecule has 0 aromatic carbocycles. The van der Waals surface area contributed by atoms with Gasteiger partial charge < -0.3 is 24.2 Å². The van der Waals surface area contributed by atoms with Crippen LogP contribution in [-0.4, -0.2) is 66.5 Å². The summed E-state index contributed by atoms with van der Waals surface area (Å²) < 4.78 is 39.6. The van der Waals surface area contributed by atoms with Crippen molar-refractivity contribution in [2.75, 3.05) is 26.4 Å². The third-order valence-corrected chi connectivity index (χ3v) is 14.3. The van der Waals surface area contributed by atoms with E-state index in [0.29, 0.717) is 19.3 Å². The highest BCUT2D eigenvalue weighted by Crippen LogP contribution is 2.43. The lowest BCUT2D eigenvalue weighted by molar-refractivity contribution is -0.161. The van der Waals surface area contributed by atoms with Gasteiger partial charge in [-0.3, -0.25) is 23.4 Å². The Balaban J connectivity index is 4.74. The van der Waals surface area contributed by atoms with E-state index in [1.54, 1.807) is 0 Å². The lowest BCUT2D eigenvalue weighted by Gasteiger charge is -2.21. The van der Waals surface area contributed by atoms with Crippen molar-refractivity contribution in [3.8, 4) is 0 Å². The zero-order valence-corrected chi connectivity index (χ0v) is 50.8. The van der Waals surface area contributed by atoms with Gasteiger partial charge in [0.25, 0.3) is 0 Å². The number of hydrogen-bond acceptors (Lipinski definition) is 10. The molecule has 0 radical (unpaired) electrons. The van der Waals surface area contributed by atoms with Crippen LogP contribution in [0.4, 0.5) is 0 Å². The van der Waals surface area contributed by atoms with Crippen molar-refractivity contribution < 1.29 is 52.2 Å². The molecule has 0 fully saturated rings. The molecule has 3 unspecified atom stereocenters. The number of aliphatic hydroxyl groups is 1. The molecule has 0 heterocycles. The Kier molecular flexibility index (Phi) is 57.2. The zero-order valence-electron chi connectivity index (χ0n) is 49.9. The maximum Gasteiger partial charge on any atom is 0.472 e. The van der Waals surface area contributed by atoms with E-state index in [1.165, 1.54) is 96.3 Å². The molecule has 0 aliphatic rings. The Morgan fingerprint density at radius 3 is 1.03 bits per heavy atom. The standard InChI is InChI=1S/C66H115O11P/c1-4-7-10-13-16-19-22-25-28-30-31-33-36-39-42-45-48-51-54-57-66(70)77-63(59-73-64(68)55-52-49-46-43-40-37-35-32-29-26-23-20-17-14-11-8-5-2)61-75-78(71,72)74-60-62(58-67)76-65(69)56-53-50-47-44-41-38-34-27-24-21-18-15-12-9-6-3/h8-9,11-12,17-18,20-21,26-27,29,34-35,37,62-63,67H,4-7,10,13-16,19,22-25,28,30-33,36,38-61H2,1-3H3,(H,71,72)/b11-8-,12-9-,20-17-,21-18-,29-26-,34-27-,37-35-. The van der Waals surface area contributed by atoms with Gasteiger partial charge in [-0.05, 0) is 89.9 Å². The van der Waals surface area contributed by atoms with E-state index in [-0.39, 0.29) is 25.9 Å². The molecule has 0 bridgehead atoms. The number of allylic oxidation sites excluding steroid dienone is 14. The molecule has 450 valence electrons. The lowest BCUT2D eigenvalue weighted by Crippen LogP contribution is -2.30. The van der Waals surface area contributed by atoms with Crippen molar-refractivity contribution in [2.24, 2.45) is 0 Å². The third-order valence-electron chi connectivity index (χ3n) is 13.3. The number of esters is 3. The Morgan fingerprint density at radius 1 is 0.372 bits per heavy atom. The van der Waals surface area contributed by atoms with Gasteiger partial charge in [0, 0.05) is 19.3 Å². The second kappa shape index (κ2) is 59.8. The molecule has 0 aromatic rings. The van der Waals surface area contributed by atoms with Crippen molar-refractivity contribution in [3.63, 3.8) is 0 Å². The molecular weight excluding hydrogens is 1000 g/mol. The fourth-order valence-corrected chi connectivity index (χ4v) is 9.38. The first-order valence-corrected chi connectivity index (χ1v) is 33.0. The molecule has 12 heteroatoms. The van der Waals surface area contributed by atoms with Gasteiger partial charge in [-0.1, -0.05) is 254 Å². The second-order valence-corrected chi connectivity index (χ2v) is 22.3. The number of carbonyl (C=O) groups is 3. The Morgan fingerprint density at radius 2 is 0.667 bits per heavy atom. The maximum atomic E-state index is 13.0. The van der Waals surface area contributed by atoms with Gasteiger partial charge >= 0.3 is 25.7 Å². The van der Waals surface area contributed by atoms with E-state index in [4.69, 9.17) is 23.3 Å². The van der Waals surface area contributed by atoms with Crippen molar-refractivity contribution in [3.05, 3.63) is 85.1 Å². The first kappa shape index (κ1) is 74.7. The van der Waals surface area contributed by atoms with E-state index in [1.807, 2.05) is 0 Å². The number of aliphatic hydroxyl groups excluding tert-OH is 1. The van der Waals surface area contributed by atoms with Crippen LogP contribution in [-0.2, 0) is 42.2 Å². The van der Waals surface area contributed by atoms with Crippen LogP contribution in [0, 0.1) is 0 Å². The monoisotopic (exact) mass is 1110 g/mol. The van der Waals surface area contributed by atoms with E-state index in [0.717, 1.165) is 122 Å². The van der Waals surface area contributed by atoms with Crippen molar-refractivity contribution in [1.29, 1.82) is 0 Å². The van der Waals surface area contributed by atoms with E-state index >= 15 is 0 Å². The molecule has 0 aromatic heterocycles. The van der Waals surface area contributed by atoms with Crippen molar-refractivity contribution in [1.82, 2.24) is 0 Å². The quantitative estimate of drug-likeness (QED) is 0.0197. The minimum atomic E-state index is -4.76. The molecule has 3 atom stereocenters. The second-order valence-electron chi connectivity index (χ2n) is 20.8. The van der Waals surface area contributed by atoms with Gasteiger partial charge in [0.15, 0.2) is 6.10 Å². The first-order chi connectivity index (χ1) is 38.2. The number of unbranched alkanes of at least 4 members (excludes halogenated alkanes) is 27. The van der Waals surface area contributed by atoms with E-state index in [9.17, 15) is 28.9 Å². The van der Waals surface area contributed by atoms with Crippen molar-refractivity contribution >= 4 is 25.7 Å². The van der Waals surface area contributed by atoms with Gasteiger partial charge in [-0.15, -0.1) is 0 Å². The summed E-state index contributed by atoms with van der Waals surface area (Å²) >= 11 is 0. The first-order valence-electron chi connectivity index (χ1n) is 31.5. The summed E-state index contributed by atoms with van der Waals surface area (Å²) in [7, 11) is -4.76. The van der Waals surface area contributed by atoms with Crippen LogP contribution >= 0.6 is 7.82 Å². The Bertz CT molecular complexity index is 1630. The van der Waals surface area contributed by atoms with Crippen LogP contribution in [0.5, 0.6) is 0 Å². The Hall–Kier alpha value is -3.34. The molecule has 0 amide bonds. The fraction of sp³-hybridized carbons (Fsp3) is 0.742. The topological polar surface area (TPSA) is 155 Å². The average Bonchev–Trinajstić information content (AvgIpc) is 3.43. The van der Waals surface area contributed by atoms with Crippen LogP contribution in [0.3, 0.4) is 0 Å². The summed E-state index contributed by atoms with van der Waals surface area (Å²) in [4.78, 5) is 48.7. The molecule has 0 saturated carbocycles. The van der Waals surface area contributed by atoms with Crippen LogP contribution in [0.2, 0.25) is 0 Å². The summed E-state index contributed by atoms with van der Waals surface area (Å²) in [6, 6.07) is 0. The molecule has 11 nitrogen and oxygen atoms in total. The predicted molar refractivity (Wildman–Crippen MR) is 325 cm³/mol. The predicted octanol–water partition coefficient (Wildman–Crippen LogP) is 19.0. The van der Waals surface area contributed by atoms with Gasteiger partial charge in [-0.2, -0.15) is 0 Å². The normalized spacial score (nSPS) is 13.9. The summed E-state index contributed by atoms with van der Waals surface area (Å²) in [5.74, 6) is -1.50. The molecule has 2 N–H and O–H groups in total. The highest BCUT2D eigenvalue weighted by molar-refractivity contribution is 7.47. The summed E-state index contributed by atoms with van der Waals surface area (Å²) in [6.45, 7) is 4.41. The number of rotatable bonds is 58. The van der Waals surface area contributed by atoms with Crippen LogP contribution in [0.15, 0.2) is 85.1 Å². The maximum absolute atomic E-state index is 13.0. The van der Waals surface area contributed by atoms with Crippen LogP contribution in [0.1, 0.15) is 278 Å². The molecule has 0 saturated heterocycles. The summed E-state index contributed by atoms with van der Waals surface area (Å²) in [5, 5.41) is 9.84. The number of ether oxygens (including phenoxy) is 3. The SMILES string of the molecule is CC/C=C\C/C=C\C/C=C\C/C=C\CCCCCCC(=O)OCC(COP(=O)(O)OCC(CO)OC(=O)CCCCCCC/C=C\C/C=C\C/C=C\CC)OC(=O)CCCCCCCCCCCCCCCCCCCCC. The molecule has 0 spiro atoms. The van der Waals surface area contributed by atoms with Gasteiger partial charge in [-0.25, -0.2) is 4.57 Å². The van der Waals surface area contributed by atoms with E-state index in [2.05, 4.69) is 106 Å². The molecule has 78 heavy (non-hydrogen) atoms. The van der Waals surface area contributed by atoms with Gasteiger partial charge in [0.1, 0.15) is 12.7 Å². The number of hydrogen-bond donors (Lipinski definition) is 2.